The molecule has 25 heavy (non-hydrogen) atoms. The Morgan fingerprint density at radius 2 is 1.52 bits per heavy atom. The number of benzene rings is 2. The van der Waals surface area contributed by atoms with E-state index in [1.807, 2.05) is 27.7 Å². The van der Waals surface area contributed by atoms with Crippen molar-refractivity contribution in [2.45, 2.75) is 34.1 Å². The van der Waals surface area contributed by atoms with Crippen molar-refractivity contribution in [1.29, 1.82) is 0 Å². The molecule has 0 saturated heterocycles. The second kappa shape index (κ2) is 13.0. The Balaban J connectivity index is 0.00000134. The molecule has 0 unspecified atom stereocenters. The summed E-state index contributed by atoms with van der Waals surface area (Å²) in [5.41, 5.74) is 2.00. The number of Topliss-reactive ketones (excluding diaryl/α,β-unsaturated/α-hetero) is 1. The van der Waals surface area contributed by atoms with E-state index in [2.05, 4.69) is 10.6 Å². The third-order valence-electron chi connectivity index (χ3n) is 2.93. The van der Waals surface area contributed by atoms with E-state index in [0.717, 1.165) is 5.69 Å². The summed E-state index contributed by atoms with van der Waals surface area (Å²) in [7, 11) is 1.80. The fraction of sp³-hybridized carbons (Fsp3) is 0.300. The first-order valence-corrected chi connectivity index (χ1v) is 8.83. The van der Waals surface area contributed by atoms with Crippen LogP contribution in [0.5, 0.6) is 0 Å². The van der Waals surface area contributed by atoms with Gasteiger partial charge in [-0.25, -0.2) is 0 Å². The molecule has 0 bridgehead atoms. The number of halogens is 1. The number of hydrogen-bond donors (Lipinski definition) is 2. The molecule has 0 aliphatic heterocycles. The molecule has 2 rings (SSSR count). The lowest BCUT2D eigenvalue weighted by Gasteiger charge is -2.06. The van der Waals surface area contributed by atoms with Crippen LogP contribution in [0.15, 0.2) is 48.5 Å². The SMILES string of the molecule is CC.CC.CNc1ccc(C(=O)CC(=O)Nc2cccc(Cl)c2)cc1. The van der Waals surface area contributed by atoms with Crippen molar-refractivity contribution in [1.82, 2.24) is 0 Å². The van der Waals surface area contributed by atoms with E-state index in [1.54, 1.807) is 55.6 Å². The Hall–Kier alpha value is -2.33. The maximum atomic E-state index is 12.0. The van der Waals surface area contributed by atoms with Gasteiger partial charge >= 0.3 is 0 Å². The van der Waals surface area contributed by atoms with Crippen LogP contribution in [0.2, 0.25) is 5.02 Å². The molecule has 2 N–H and O–H groups in total. The molecule has 0 aliphatic rings. The largest absolute Gasteiger partial charge is 0.388 e. The number of carbonyl (C=O) groups is 2. The van der Waals surface area contributed by atoms with Gasteiger partial charge in [0, 0.05) is 29.0 Å². The Morgan fingerprint density at radius 3 is 2.04 bits per heavy atom. The highest BCUT2D eigenvalue weighted by molar-refractivity contribution is 6.30. The summed E-state index contributed by atoms with van der Waals surface area (Å²) in [5.74, 6) is -0.586. The van der Waals surface area contributed by atoms with Crippen molar-refractivity contribution in [3.63, 3.8) is 0 Å². The minimum Gasteiger partial charge on any atom is -0.388 e. The van der Waals surface area contributed by atoms with Crippen LogP contribution in [0.25, 0.3) is 0 Å². The first-order chi connectivity index (χ1) is 12.1. The third-order valence-corrected chi connectivity index (χ3v) is 3.16. The summed E-state index contributed by atoms with van der Waals surface area (Å²) >= 11 is 5.83. The molecule has 0 aliphatic carbocycles. The number of carbonyl (C=O) groups excluding carboxylic acids is 2. The second-order valence-electron chi connectivity index (χ2n) is 4.49. The Morgan fingerprint density at radius 1 is 0.920 bits per heavy atom. The van der Waals surface area contributed by atoms with Gasteiger partial charge in [0.15, 0.2) is 5.78 Å². The predicted molar refractivity (Wildman–Crippen MR) is 108 cm³/mol. The first kappa shape index (κ1) is 22.7. The van der Waals surface area contributed by atoms with Gasteiger partial charge in [0.2, 0.25) is 5.91 Å². The van der Waals surface area contributed by atoms with E-state index in [0.29, 0.717) is 16.3 Å². The number of anilines is 2. The van der Waals surface area contributed by atoms with Crippen molar-refractivity contribution in [2.75, 3.05) is 17.7 Å². The fourth-order valence-corrected chi connectivity index (χ4v) is 2.03. The van der Waals surface area contributed by atoms with Crippen LogP contribution in [0.4, 0.5) is 11.4 Å². The topological polar surface area (TPSA) is 58.2 Å². The highest BCUT2D eigenvalue weighted by atomic mass is 35.5. The molecule has 5 heteroatoms. The van der Waals surface area contributed by atoms with E-state index in [9.17, 15) is 9.59 Å². The number of nitrogens with one attached hydrogen (secondary N) is 2. The lowest BCUT2D eigenvalue weighted by Crippen LogP contribution is -2.16. The van der Waals surface area contributed by atoms with Gasteiger partial charge in [0.05, 0.1) is 6.42 Å². The first-order valence-electron chi connectivity index (χ1n) is 8.45. The molecule has 2 aromatic carbocycles. The van der Waals surface area contributed by atoms with Gasteiger partial charge in [-0.2, -0.15) is 0 Å². The van der Waals surface area contributed by atoms with Gasteiger partial charge < -0.3 is 10.6 Å². The highest BCUT2D eigenvalue weighted by Crippen LogP contribution is 2.16. The number of rotatable bonds is 5. The molecule has 0 heterocycles. The van der Waals surface area contributed by atoms with Gasteiger partial charge in [-0.05, 0) is 42.5 Å². The molecule has 0 fully saturated rings. The Bertz CT molecular complexity index is 655. The third kappa shape index (κ3) is 8.36. The number of amides is 1. The molecule has 136 valence electrons. The van der Waals surface area contributed by atoms with E-state index < -0.39 is 0 Å². The van der Waals surface area contributed by atoms with Crippen LogP contribution in [0, 0.1) is 0 Å². The summed E-state index contributed by atoms with van der Waals surface area (Å²) in [4.78, 5) is 23.8. The monoisotopic (exact) mass is 362 g/mol. The van der Waals surface area contributed by atoms with Crippen LogP contribution in [0.3, 0.4) is 0 Å². The normalized spacial score (nSPS) is 8.88. The smallest absolute Gasteiger partial charge is 0.232 e. The quantitative estimate of drug-likeness (QED) is 0.534. The van der Waals surface area contributed by atoms with Crippen molar-refractivity contribution in [3.05, 3.63) is 59.1 Å². The lowest BCUT2D eigenvalue weighted by molar-refractivity contribution is -0.115. The van der Waals surface area contributed by atoms with Crippen molar-refractivity contribution >= 4 is 34.7 Å². The van der Waals surface area contributed by atoms with Crippen LogP contribution in [-0.2, 0) is 4.79 Å². The Labute approximate surface area is 155 Å². The second-order valence-corrected chi connectivity index (χ2v) is 4.92. The maximum Gasteiger partial charge on any atom is 0.232 e. The minimum absolute atomic E-state index is 0.203. The molecule has 0 saturated carbocycles. The summed E-state index contributed by atoms with van der Waals surface area (Å²) in [6.45, 7) is 8.00. The van der Waals surface area contributed by atoms with Crippen LogP contribution in [-0.4, -0.2) is 18.7 Å². The molecule has 0 atom stereocenters. The number of hydrogen-bond acceptors (Lipinski definition) is 3. The van der Waals surface area contributed by atoms with Crippen molar-refractivity contribution in [3.8, 4) is 0 Å². The zero-order valence-corrected chi connectivity index (χ0v) is 16.3. The molecule has 0 spiro atoms. The molecule has 2 aromatic rings. The van der Waals surface area contributed by atoms with Crippen molar-refractivity contribution < 1.29 is 9.59 Å². The average molecular weight is 363 g/mol. The standard InChI is InChI=1S/C16H15ClN2O2.2C2H6/c1-18-13-7-5-11(6-8-13)15(20)10-16(21)19-14-4-2-3-12(17)9-14;2*1-2/h2-9,18H,10H2,1H3,(H,19,21);2*1-2H3. The number of ketones is 1. The summed E-state index contributed by atoms with van der Waals surface area (Å²) in [5, 5.41) is 6.15. The average Bonchev–Trinajstić information content (AvgIpc) is 2.65. The minimum atomic E-state index is -0.361. The van der Waals surface area contributed by atoms with Gasteiger partial charge in [0.25, 0.3) is 0 Å². The van der Waals surface area contributed by atoms with E-state index in [1.165, 1.54) is 0 Å². The van der Waals surface area contributed by atoms with E-state index in [-0.39, 0.29) is 18.1 Å². The van der Waals surface area contributed by atoms with Crippen LogP contribution in [0.1, 0.15) is 44.5 Å². The molecule has 0 radical (unpaired) electrons. The predicted octanol–water partition coefficient (Wildman–Crippen LogP) is 5.65. The summed E-state index contributed by atoms with van der Waals surface area (Å²) < 4.78 is 0. The van der Waals surface area contributed by atoms with Crippen molar-refractivity contribution in [2.24, 2.45) is 0 Å². The fourth-order valence-electron chi connectivity index (χ4n) is 1.84. The Kier molecular flexibility index (Phi) is 11.8. The van der Waals surface area contributed by atoms with Gasteiger partial charge in [-0.15, -0.1) is 0 Å². The van der Waals surface area contributed by atoms with Gasteiger partial charge in [0.1, 0.15) is 0 Å². The molecular weight excluding hydrogens is 336 g/mol. The van der Waals surface area contributed by atoms with Crippen LogP contribution >= 0.6 is 11.6 Å². The maximum absolute atomic E-state index is 12.0. The van der Waals surface area contributed by atoms with Gasteiger partial charge in [-0.3, -0.25) is 9.59 Å². The highest BCUT2D eigenvalue weighted by Gasteiger charge is 2.12. The summed E-state index contributed by atoms with van der Waals surface area (Å²) in [6, 6.07) is 13.8. The summed E-state index contributed by atoms with van der Waals surface area (Å²) in [6.07, 6.45) is -0.203. The van der Waals surface area contributed by atoms with E-state index >= 15 is 0 Å². The molecule has 0 aromatic heterocycles. The van der Waals surface area contributed by atoms with Gasteiger partial charge in [-0.1, -0.05) is 45.4 Å². The zero-order valence-electron chi connectivity index (χ0n) is 15.5. The zero-order chi connectivity index (χ0) is 19.2. The van der Waals surface area contributed by atoms with E-state index in [4.69, 9.17) is 11.6 Å². The molecule has 1 amide bonds. The molecule has 4 nitrogen and oxygen atoms in total. The molecular formula is C20H27ClN2O2. The van der Waals surface area contributed by atoms with Crippen LogP contribution < -0.4 is 10.6 Å². The lowest BCUT2D eigenvalue weighted by atomic mass is 10.1.